The van der Waals surface area contributed by atoms with Gasteiger partial charge in [-0.05, 0) is 177 Å². The van der Waals surface area contributed by atoms with Crippen LogP contribution in [0, 0.1) is 0 Å². The van der Waals surface area contributed by atoms with E-state index in [1.165, 1.54) is 162 Å². The smallest absolute Gasteiger partial charge is 0.0619 e. The third kappa shape index (κ3) is 5.77. The topological polar surface area (TPSA) is 3.24 Å². The lowest BCUT2D eigenvalue weighted by atomic mass is 9.84. The number of benzene rings is 11. The van der Waals surface area contributed by atoms with Crippen molar-refractivity contribution in [2.45, 2.75) is 32.1 Å². The Hall–Kier alpha value is -8.78. The molecule has 0 bridgehead atoms. The number of nitrogens with zero attached hydrogens (tertiary/aromatic N) is 1. The molecule has 16 rings (SSSR count). The molecule has 0 N–H and O–H groups in total. The molecule has 5 aliphatic rings. The van der Waals surface area contributed by atoms with Crippen LogP contribution >= 0.6 is 0 Å². The molecule has 336 valence electrons. The summed E-state index contributed by atoms with van der Waals surface area (Å²) in [5.41, 5.74) is 38.7. The largest absolute Gasteiger partial charge is 0.309 e. The van der Waals surface area contributed by atoms with Crippen molar-refractivity contribution < 1.29 is 0 Å². The van der Waals surface area contributed by atoms with Gasteiger partial charge in [0, 0.05) is 24.0 Å². The molecule has 0 heterocycles. The van der Waals surface area contributed by atoms with Gasteiger partial charge in [0.25, 0.3) is 0 Å². The molecule has 5 aliphatic carbocycles. The summed E-state index contributed by atoms with van der Waals surface area (Å²) in [6.45, 7) is 0. The molecule has 0 aliphatic heterocycles. The first-order chi connectivity index (χ1) is 35.7. The zero-order valence-electron chi connectivity index (χ0n) is 39.8. The molecular formula is C71H47N. The fraction of sp³-hybridized carbons (Fsp3) is 0.0704. The Morgan fingerprint density at radius 1 is 0.208 bits per heavy atom. The van der Waals surface area contributed by atoms with Gasteiger partial charge in [0.1, 0.15) is 0 Å². The molecule has 0 saturated heterocycles. The highest BCUT2D eigenvalue weighted by Gasteiger charge is 2.35. The van der Waals surface area contributed by atoms with E-state index in [2.05, 4.69) is 229 Å². The van der Waals surface area contributed by atoms with Gasteiger partial charge < -0.3 is 4.90 Å². The van der Waals surface area contributed by atoms with Crippen molar-refractivity contribution in [1.82, 2.24) is 0 Å². The Morgan fingerprint density at radius 3 is 0.819 bits per heavy atom. The van der Waals surface area contributed by atoms with E-state index in [1.54, 1.807) is 0 Å². The first-order valence-electron chi connectivity index (χ1n) is 25.7. The van der Waals surface area contributed by atoms with Crippen LogP contribution in [0.4, 0.5) is 17.1 Å². The standard InChI is InChI=1S/C71H47N/c1-6-21-49-43(16-1)36-62-54(26-11-27-55(49)62)48-41-67(60-30-12-28-56-50-22-7-2-17-44(50)37-63(56)60)71(68(42-48)61-31-13-29-57-51-23-8-3-18-45(51)38-64(57)61)72(69-34-14-32-58-52-24-9-4-19-46(52)39-65(58)69)70-35-15-33-59-53-25-10-5-20-47(53)40-66(59)70/h1-35,41-42H,36-40H2. The summed E-state index contributed by atoms with van der Waals surface area (Å²) in [5, 5.41) is 0. The molecule has 1 heteroatoms. The zero-order chi connectivity index (χ0) is 47.0. The Labute approximate surface area is 421 Å². The van der Waals surface area contributed by atoms with Crippen molar-refractivity contribution in [1.29, 1.82) is 0 Å². The van der Waals surface area contributed by atoms with Crippen LogP contribution < -0.4 is 4.90 Å². The quantitative estimate of drug-likeness (QED) is 0.161. The Bertz CT molecular complexity index is 3930. The molecule has 11 aromatic carbocycles. The van der Waals surface area contributed by atoms with E-state index in [4.69, 9.17) is 0 Å². The number of fused-ring (bicyclic) bond motifs is 15. The number of anilines is 3. The van der Waals surface area contributed by atoms with Crippen LogP contribution in [0.1, 0.15) is 55.6 Å². The van der Waals surface area contributed by atoms with Crippen LogP contribution in [0.15, 0.2) is 224 Å². The van der Waals surface area contributed by atoms with Crippen molar-refractivity contribution in [3.8, 4) is 89.0 Å². The fourth-order valence-corrected chi connectivity index (χ4v) is 13.8. The highest BCUT2D eigenvalue weighted by atomic mass is 15.2. The molecule has 1 nitrogen and oxygen atoms in total. The van der Waals surface area contributed by atoms with Gasteiger partial charge in [-0.2, -0.15) is 0 Å². The van der Waals surface area contributed by atoms with Crippen LogP contribution in [-0.4, -0.2) is 0 Å². The minimum atomic E-state index is 0.874. The van der Waals surface area contributed by atoms with Crippen molar-refractivity contribution in [2.75, 3.05) is 4.90 Å². The molecule has 72 heavy (non-hydrogen) atoms. The number of rotatable bonds is 6. The normalized spacial score (nSPS) is 13.3. The molecule has 0 amide bonds. The van der Waals surface area contributed by atoms with Gasteiger partial charge in [-0.15, -0.1) is 0 Å². The average molecular weight is 914 g/mol. The lowest BCUT2D eigenvalue weighted by molar-refractivity contribution is 1.16. The Balaban J connectivity index is 1.06. The van der Waals surface area contributed by atoms with Gasteiger partial charge in [-0.1, -0.05) is 200 Å². The van der Waals surface area contributed by atoms with E-state index >= 15 is 0 Å². The maximum absolute atomic E-state index is 2.75. The minimum Gasteiger partial charge on any atom is -0.309 e. The predicted molar refractivity (Wildman–Crippen MR) is 299 cm³/mol. The van der Waals surface area contributed by atoms with Gasteiger partial charge >= 0.3 is 0 Å². The summed E-state index contributed by atoms with van der Waals surface area (Å²) in [4.78, 5) is 2.75. The SMILES string of the molecule is c1ccc2c(c1)Cc1c(-c3cc(-c4cccc5c4Cc4ccccc4-5)c(N(c4cccc5c4Cc4ccccc4-5)c4cccc5c4Cc4ccccc4-5)c(-c4cccc5c4Cc4ccccc4-5)c3)cccc1-2. The number of hydrogen-bond acceptors (Lipinski definition) is 1. The third-order valence-corrected chi connectivity index (χ3v) is 16.9. The van der Waals surface area contributed by atoms with Crippen LogP contribution in [-0.2, 0) is 32.1 Å². The van der Waals surface area contributed by atoms with E-state index in [-0.39, 0.29) is 0 Å². The average Bonchev–Trinajstić information content (AvgIpc) is 4.27. The second kappa shape index (κ2) is 15.4. The Kier molecular flexibility index (Phi) is 8.53. The molecule has 0 saturated carbocycles. The predicted octanol–water partition coefficient (Wildman–Crippen LogP) is 18.0. The summed E-state index contributed by atoms with van der Waals surface area (Å²) in [7, 11) is 0. The summed E-state index contributed by atoms with van der Waals surface area (Å²) in [5.74, 6) is 0. The second-order valence-electron chi connectivity index (χ2n) is 20.5. The van der Waals surface area contributed by atoms with Crippen molar-refractivity contribution in [3.05, 3.63) is 280 Å². The van der Waals surface area contributed by atoms with Crippen molar-refractivity contribution in [2.24, 2.45) is 0 Å². The molecule has 0 atom stereocenters. The van der Waals surface area contributed by atoms with Crippen molar-refractivity contribution >= 4 is 17.1 Å². The Morgan fingerprint density at radius 2 is 0.458 bits per heavy atom. The second-order valence-corrected chi connectivity index (χ2v) is 20.5. The van der Waals surface area contributed by atoms with Crippen LogP contribution in [0.5, 0.6) is 0 Å². The molecule has 0 fully saturated rings. The van der Waals surface area contributed by atoms with Gasteiger partial charge in [0.2, 0.25) is 0 Å². The lowest BCUT2D eigenvalue weighted by Gasteiger charge is -2.34. The van der Waals surface area contributed by atoms with Gasteiger partial charge in [0.05, 0.1) is 17.1 Å². The van der Waals surface area contributed by atoms with Crippen LogP contribution in [0.2, 0.25) is 0 Å². The summed E-state index contributed by atoms with van der Waals surface area (Å²) < 4.78 is 0. The molecule has 11 aromatic rings. The zero-order valence-corrected chi connectivity index (χ0v) is 39.8. The van der Waals surface area contributed by atoms with Gasteiger partial charge in [-0.3, -0.25) is 0 Å². The minimum absolute atomic E-state index is 0.874. The van der Waals surface area contributed by atoms with E-state index in [0.717, 1.165) is 32.1 Å². The maximum atomic E-state index is 2.75. The lowest BCUT2D eigenvalue weighted by Crippen LogP contribution is -2.17. The van der Waals surface area contributed by atoms with Crippen LogP contribution in [0.3, 0.4) is 0 Å². The van der Waals surface area contributed by atoms with E-state index in [1.807, 2.05) is 0 Å². The van der Waals surface area contributed by atoms with E-state index in [9.17, 15) is 0 Å². The summed E-state index contributed by atoms with van der Waals surface area (Å²) in [6.07, 6.45) is 4.44. The first-order valence-corrected chi connectivity index (χ1v) is 25.7. The molecule has 0 unspecified atom stereocenters. The van der Waals surface area contributed by atoms with Crippen molar-refractivity contribution in [3.63, 3.8) is 0 Å². The maximum Gasteiger partial charge on any atom is 0.0619 e. The molecular weight excluding hydrogens is 867 g/mol. The van der Waals surface area contributed by atoms with Gasteiger partial charge in [0.15, 0.2) is 0 Å². The van der Waals surface area contributed by atoms with Gasteiger partial charge in [-0.25, -0.2) is 0 Å². The number of hydrogen-bond donors (Lipinski definition) is 0. The highest BCUT2D eigenvalue weighted by Crippen LogP contribution is 2.58. The van der Waals surface area contributed by atoms with Crippen LogP contribution in [0.25, 0.3) is 89.0 Å². The molecule has 0 radical (unpaired) electrons. The summed E-state index contributed by atoms with van der Waals surface area (Å²) >= 11 is 0. The van der Waals surface area contributed by atoms with E-state index < -0.39 is 0 Å². The fourth-order valence-electron chi connectivity index (χ4n) is 13.8. The molecule has 0 spiro atoms. The highest BCUT2D eigenvalue weighted by molar-refractivity contribution is 6.06. The van der Waals surface area contributed by atoms with E-state index in [0.29, 0.717) is 0 Å². The summed E-state index contributed by atoms with van der Waals surface area (Å²) in [6, 6.07) is 85.9. The first kappa shape index (κ1) is 40.0. The molecule has 0 aromatic heterocycles. The monoisotopic (exact) mass is 913 g/mol. The third-order valence-electron chi connectivity index (χ3n) is 16.9.